The smallest absolute Gasteiger partial charge is 0.0871 e. The third kappa shape index (κ3) is 2.32. The first-order chi connectivity index (χ1) is 7.33. The largest absolute Gasteiger partial charge is 0.391 e. The van der Waals surface area contributed by atoms with Gasteiger partial charge in [-0.15, -0.1) is 0 Å². The van der Waals surface area contributed by atoms with E-state index in [9.17, 15) is 5.11 Å². The summed E-state index contributed by atoms with van der Waals surface area (Å²) in [4.78, 5) is 2.27. The first-order valence-electron chi connectivity index (χ1n) is 6.13. The standard InChI is InChI=1S/C12H20N2O/c13-8-9-14(10-4-1-2-5-10)11-6-3-7-12(11)15/h10-12,15H,1-7,9H2. The summed E-state index contributed by atoms with van der Waals surface area (Å²) in [6.07, 6.45) is 7.90. The lowest BCUT2D eigenvalue weighted by molar-refractivity contribution is 0.0534. The monoisotopic (exact) mass is 208 g/mol. The molecule has 0 heterocycles. The van der Waals surface area contributed by atoms with Gasteiger partial charge in [-0.2, -0.15) is 5.26 Å². The van der Waals surface area contributed by atoms with Crippen molar-refractivity contribution in [1.29, 1.82) is 5.26 Å². The Bertz CT molecular complexity index is 242. The first-order valence-corrected chi connectivity index (χ1v) is 6.13. The van der Waals surface area contributed by atoms with E-state index in [-0.39, 0.29) is 12.1 Å². The van der Waals surface area contributed by atoms with Gasteiger partial charge in [-0.1, -0.05) is 12.8 Å². The lowest BCUT2D eigenvalue weighted by atomic mass is 10.1. The highest BCUT2D eigenvalue weighted by Crippen LogP contribution is 2.31. The molecule has 0 aromatic heterocycles. The van der Waals surface area contributed by atoms with Crippen LogP contribution >= 0.6 is 0 Å². The van der Waals surface area contributed by atoms with E-state index in [1.165, 1.54) is 25.7 Å². The van der Waals surface area contributed by atoms with Gasteiger partial charge in [0.15, 0.2) is 0 Å². The fourth-order valence-corrected chi connectivity index (χ4v) is 3.14. The lowest BCUT2D eigenvalue weighted by Gasteiger charge is -2.34. The molecule has 2 fully saturated rings. The van der Waals surface area contributed by atoms with Crippen LogP contribution in [-0.4, -0.2) is 34.7 Å². The van der Waals surface area contributed by atoms with E-state index in [1.54, 1.807) is 0 Å². The zero-order valence-corrected chi connectivity index (χ0v) is 9.23. The molecule has 3 nitrogen and oxygen atoms in total. The lowest BCUT2D eigenvalue weighted by Crippen LogP contribution is -2.46. The Kier molecular flexibility index (Phi) is 3.61. The van der Waals surface area contributed by atoms with Gasteiger partial charge >= 0.3 is 0 Å². The first kappa shape index (κ1) is 10.9. The Morgan fingerprint density at radius 2 is 1.87 bits per heavy atom. The second-order valence-corrected chi connectivity index (χ2v) is 4.83. The van der Waals surface area contributed by atoms with Gasteiger partial charge in [-0.05, 0) is 32.1 Å². The number of aliphatic hydroxyl groups excluding tert-OH is 1. The van der Waals surface area contributed by atoms with Crippen molar-refractivity contribution in [2.24, 2.45) is 0 Å². The van der Waals surface area contributed by atoms with Gasteiger partial charge in [0, 0.05) is 12.1 Å². The van der Waals surface area contributed by atoms with Crippen LogP contribution in [0.3, 0.4) is 0 Å². The van der Waals surface area contributed by atoms with Gasteiger partial charge < -0.3 is 5.11 Å². The molecule has 0 amide bonds. The molecular formula is C12H20N2O. The van der Waals surface area contributed by atoms with Gasteiger partial charge in [0.2, 0.25) is 0 Å². The molecule has 0 aromatic carbocycles. The predicted molar refractivity (Wildman–Crippen MR) is 58.2 cm³/mol. The second-order valence-electron chi connectivity index (χ2n) is 4.83. The molecule has 2 unspecified atom stereocenters. The van der Waals surface area contributed by atoms with E-state index < -0.39 is 0 Å². The van der Waals surface area contributed by atoms with Crippen molar-refractivity contribution in [3.8, 4) is 6.07 Å². The van der Waals surface area contributed by atoms with E-state index in [4.69, 9.17) is 5.26 Å². The molecule has 0 spiro atoms. The highest BCUT2D eigenvalue weighted by molar-refractivity contribution is 4.94. The number of nitrogens with zero attached hydrogens (tertiary/aromatic N) is 2. The van der Waals surface area contributed by atoms with Gasteiger partial charge in [-0.25, -0.2) is 0 Å². The average molecular weight is 208 g/mol. The fraction of sp³-hybridized carbons (Fsp3) is 0.917. The fourth-order valence-electron chi connectivity index (χ4n) is 3.14. The summed E-state index contributed by atoms with van der Waals surface area (Å²) in [6.45, 7) is 0.492. The molecule has 15 heavy (non-hydrogen) atoms. The molecule has 0 bridgehead atoms. The van der Waals surface area contributed by atoms with E-state index in [2.05, 4.69) is 11.0 Å². The summed E-state index contributed by atoms with van der Waals surface area (Å²) in [5.41, 5.74) is 0. The van der Waals surface area contributed by atoms with Crippen LogP contribution in [0.1, 0.15) is 44.9 Å². The zero-order chi connectivity index (χ0) is 10.7. The molecule has 2 saturated carbocycles. The van der Waals surface area contributed by atoms with Crippen molar-refractivity contribution >= 4 is 0 Å². The molecule has 0 aromatic rings. The van der Waals surface area contributed by atoms with Crippen LogP contribution in [-0.2, 0) is 0 Å². The molecule has 0 radical (unpaired) electrons. The molecule has 2 atom stereocenters. The maximum Gasteiger partial charge on any atom is 0.0871 e. The predicted octanol–water partition coefficient (Wildman–Crippen LogP) is 1.67. The molecular weight excluding hydrogens is 188 g/mol. The molecule has 1 N–H and O–H groups in total. The molecule has 0 aliphatic heterocycles. The Balaban J connectivity index is 2.01. The summed E-state index contributed by atoms with van der Waals surface area (Å²) in [5.74, 6) is 0. The molecule has 3 heteroatoms. The van der Waals surface area contributed by atoms with Gasteiger partial charge in [0.25, 0.3) is 0 Å². The SMILES string of the molecule is N#CCN(C1CCCC1)C1CCCC1O. The van der Waals surface area contributed by atoms with Crippen LogP contribution in [0.15, 0.2) is 0 Å². The molecule has 2 aliphatic rings. The van der Waals surface area contributed by atoms with Crippen molar-refractivity contribution in [3.63, 3.8) is 0 Å². The van der Waals surface area contributed by atoms with Crippen molar-refractivity contribution in [2.45, 2.75) is 63.1 Å². The van der Waals surface area contributed by atoms with Crippen molar-refractivity contribution in [1.82, 2.24) is 4.90 Å². The van der Waals surface area contributed by atoms with Crippen LogP contribution in [0.25, 0.3) is 0 Å². The summed E-state index contributed by atoms with van der Waals surface area (Å²) in [7, 11) is 0. The molecule has 2 aliphatic carbocycles. The maximum atomic E-state index is 9.90. The number of hydrogen-bond donors (Lipinski definition) is 1. The quantitative estimate of drug-likeness (QED) is 0.718. The van der Waals surface area contributed by atoms with Gasteiger partial charge in [0.05, 0.1) is 18.7 Å². The minimum Gasteiger partial charge on any atom is -0.391 e. The zero-order valence-electron chi connectivity index (χ0n) is 9.23. The number of aliphatic hydroxyl groups is 1. The van der Waals surface area contributed by atoms with Crippen LogP contribution in [0.5, 0.6) is 0 Å². The summed E-state index contributed by atoms with van der Waals surface area (Å²) >= 11 is 0. The summed E-state index contributed by atoms with van der Waals surface area (Å²) in [5, 5.41) is 18.8. The third-order valence-corrected chi connectivity index (χ3v) is 3.92. The molecule has 84 valence electrons. The Labute approximate surface area is 91.7 Å². The average Bonchev–Trinajstić information content (AvgIpc) is 2.85. The molecule has 0 saturated heterocycles. The topological polar surface area (TPSA) is 47.3 Å². The maximum absolute atomic E-state index is 9.90. The number of hydrogen-bond acceptors (Lipinski definition) is 3. The van der Waals surface area contributed by atoms with Crippen molar-refractivity contribution in [2.75, 3.05) is 6.54 Å². The summed E-state index contributed by atoms with van der Waals surface area (Å²) in [6, 6.07) is 3.07. The van der Waals surface area contributed by atoms with E-state index in [0.29, 0.717) is 12.6 Å². The van der Waals surface area contributed by atoms with Crippen molar-refractivity contribution in [3.05, 3.63) is 0 Å². The number of rotatable bonds is 3. The van der Waals surface area contributed by atoms with Crippen LogP contribution in [0, 0.1) is 11.3 Å². The van der Waals surface area contributed by atoms with E-state index >= 15 is 0 Å². The van der Waals surface area contributed by atoms with Crippen molar-refractivity contribution < 1.29 is 5.11 Å². The van der Waals surface area contributed by atoms with Gasteiger partial charge in [0.1, 0.15) is 0 Å². The van der Waals surface area contributed by atoms with Crippen LogP contribution in [0.2, 0.25) is 0 Å². The van der Waals surface area contributed by atoms with E-state index in [0.717, 1.165) is 19.3 Å². The minimum absolute atomic E-state index is 0.195. The highest BCUT2D eigenvalue weighted by atomic mass is 16.3. The summed E-state index contributed by atoms with van der Waals surface area (Å²) < 4.78 is 0. The Hall–Kier alpha value is -0.590. The van der Waals surface area contributed by atoms with E-state index in [1.807, 2.05) is 0 Å². The van der Waals surface area contributed by atoms with Gasteiger partial charge in [-0.3, -0.25) is 4.90 Å². The third-order valence-electron chi connectivity index (χ3n) is 3.92. The Morgan fingerprint density at radius 1 is 1.13 bits per heavy atom. The Morgan fingerprint density at radius 3 is 2.40 bits per heavy atom. The highest BCUT2D eigenvalue weighted by Gasteiger charge is 2.35. The van der Waals surface area contributed by atoms with Crippen LogP contribution in [0.4, 0.5) is 0 Å². The number of nitriles is 1. The van der Waals surface area contributed by atoms with Crippen LogP contribution < -0.4 is 0 Å². The normalized spacial score (nSPS) is 32.3. The second kappa shape index (κ2) is 4.96. The molecule has 2 rings (SSSR count). The minimum atomic E-state index is -0.195.